The van der Waals surface area contributed by atoms with Crippen LogP contribution in [0.25, 0.3) is 0 Å². The Kier molecular flexibility index (Phi) is 5.15. The van der Waals surface area contributed by atoms with Crippen molar-refractivity contribution in [1.29, 1.82) is 0 Å². The summed E-state index contributed by atoms with van der Waals surface area (Å²) in [6.07, 6.45) is 0. The summed E-state index contributed by atoms with van der Waals surface area (Å²) in [5, 5.41) is 6.73. The van der Waals surface area contributed by atoms with Crippen LogP contribution in [0.5, 0.6) is 0 Å². The minimum absolute atomic E-state index is 0.0646. The number of rotatable bonds is 3. The molecule has 2 aromatic rings. The molecule has 2 N–H and O–H groups in total. The Bertz CT molecular complexity index is 660. The molecule has 0 aromatic heterocycles. The highest BCUT2D eigenvalue weighted by Crippen LogP contribution is 2.20. The largest absolute Gasteiger partial charge is 0.356 e. The van der Waals surface area contributed by atoms with E-state index in [0.29, 0.717) is 10.8 Å². The molecule has 5 heteroatoms. The van der Waals surface area contributed by atoms with Gasteiger partial charge in [-0.05, 0) is 55.4 Å². The lowest BCUT2D eigenvalue weighted by Gasteiger charge is -2.19. The fourth-order valence-electron chi connectivity index (χ4n) is 2.09. The molecule has 21 heavy (non-hydrogen) atoms. The summed E-state index contributed by atoms with van der Waals surface area (Å²) in [4.78, 5) is 0. The molecule has 0 saturated carbocycles. The first kappa shape index (κ1) is 15.7. The van der Waals surface area contributed by atoms with Crippen LogP contribution in [0.2, 0.25) is 5.02 Å². The molecule has 0 saturated heterocycles. The minimum Gasteiger partial charge on any atom is -0.356 e. The molecule has 0 amide bonds. The molecule has 1 atom stereocenters. The van der Waals surface area contributed by atoms with E-state index in [9.17, 15) is 4.39 Å². The summed E-state index contributed by atoms with van der Waals surface area (Å²) < 4.78 is 13.1. The van der Waals surface area contributed by atoms with Crippen molar-refractivity contribution in [1.82, 2.24) is 5.32 Å². The molecule has 1 unspecified atom stereocenters. The van der Waals surface area contributed by atoms with Crippen LogP contribution in [0.1, 0.15) is 24.1 Å². The Morgan fingerprint density at radius 1 is 1.24 bits per heavy atom. The smallest absolute Gasteiger partial charge is 0.171 e. The van der Waals surface area contributed by atoms with E-state index in [4.69, 9.17) is 23.8 Å². The van der Waals surface area contributed by atoms with E-state index >= 15 is 0 Å². The normalized spacial score (nSPS) is 11.8. The minimum atomic E-state index is -0.450. The summed E-state index contributed by atoms with van der Waals surface area (Å²) in [7, 11) is 0. The second-order valence-corrected chi connectivity index (χ2v) is 5.62. The van der Waals surface area contributed by atoms with Crippen molar-refractivity contribution in [3.05, 3.63) is 64.4 Å². The average molecular weight is 323 g/mol. The Morgan fingerprint density at radius 3 is 2.62 bits per heavy atom. The van der Waals surface area contributed by atoms with Crippen LogP contribution in [-0.4, -0.2) is 5.11 Å². The van der Waals surface area contributed by atoms with Gasteiger partial charge in [-0.1, -0.05) is 35.9 Å². The number of halogens is 2. The van der Waals surface area contributed by atoms with Gasteiger partial charge in [-0.2, -0.15) is 0 Å². The van der Waals surface area contributed by atoms with Gasteiger partial charge in [0.1, 0.15) is 5.82 Å². The van der Waals surface area contributed by atoms with Crippen molar-refractivity contribution in [3.63, 3.8) is 0 Å². The Balaban J connectivity index is 2.01. The fourth-order valence-corrected chi connectivity index (χ4v) is 2.56. The maximum absolute atomic E-state index is 13.1. The number of thiocarbonyl (C=S) groups is 1. The Morgan fingerprint density at radius 2 is 1.95 bits per heavy atom. The van der Waals surface area contributed by atoms with Gasteiger partial charge >= 0.3 is 0 Å². The second kappa shape index (κ2) is 6.87. The zero-order chi connectivity index (χ0) is 15.4. The van der Waals surface area contributed by atoms with Crippen molar-refractivity contribution >= 4 is 34.6 Å². The molecule has 0 fully saturated rings. The predicted octanol–water partition coefficient (Wildman–Crippen LogP) is 4.84. The van der Waals surface area contributed by atoms with Gasteiger partial charge in [0.25, 0.3) is 0 Å². The van der Waals surface area contributed by atoms with Crippen molar-refractivity contribution in [2.75, 3.05) is 5.32 Å². The molecule has 2 aromatic carbocycles. The lowest BCUT2D eigenvalue weighted by Crippen LogP contribution is -2.31. The van der Waals surface area contributed by atoms with Gasteiger partial charge in [0.2, 0.25) is 0 Å². The van der Waals surface area contributed by atoms with E-state index in [1.54, 1.807) is 6.07 Å². The van der Waals surface area contributed by atoms with Gasteiger partial charge in [0, 0.05) is 5.69 Å². The molecule has 0 aliphatic carbocycles. The van der Waals surface area contributed by atoms with Crippen molar-refractivity contribution < 1.29 is 4.39 Å². The third kappa shape index (κ3) is 4.16. The average Bonchev–Trinajstić information content (AvgIpc) is 2.43. The number of nitrogens with one attached hydrogen (secondary N) is 2. The maximum atomic E-state index is 13.1. The van der Waals surface area contributed by atoms with Crippen molar-refractivity contribution in [2.45, 2.75) is 19.9 Å². The molecule has 0 bridgehead atoms. The van der Waals surface area contributed by atoms with E-state index in [1.165, 1.54) is 23.3 Å². The molecular formula is C16H16ClFN2S. The summed E-state index contributed by atoms with van der Waals surface area (Å²) in [5.74, 6) is -0.450. The predicted molar refractivity (Wildman–Crippen MR) is 90.4 cm³/mol. The third-order valence-electron chi connectivity index (χ3n) is 3.18. The molecule has 2 nitrogen and oxygen atoms in total. The Labute approximate surface area is 134 Å². The van der Waals surface area contributed by atoms with Crippen LogP contribution in [0, 0.1) is 12.7 Å². The van der Waals surface area contributed by atoms with Crippen molar-refractivity contribution in [2.24, 2.45) is 0 Å². The molecule has 0 heterocycles. The molecule has 0 aliphatic rings. The van der Waals surface area contributed by atoms with Gasteiger partial charge in [-0.25, -0.2) is 4.39 Å². The zero-order valence-corrected chi connectivity index (χ0v) is 13.4. The standard InChI is InChI=1S/C16H16ClFN2S/c1-10-5-3-4-6-13(10)11(2)19-16(21)20-12-7-8-15(18)14(17)9-12/h3-9,11H,1-2H3,(H2,19,20,21). The SMILES string of the molecule is Cc1ccccc1C(C)NC(=S)Nc1ccc(F)c(Cl)c1. The highest BCUT2D eigenvalue weighted by Gasteiger charge is 2.09. The zero-order valence-electron chi connectivity index (χ0n) is 11.8. The van der Waals surface area contributed by atoms with Crippen LogP contribution in [0.3, 0.4) is 0 Å². The second-order valence-electron chi connectivity index (χ2n) is 4.81. The van der Waals surface area contributed by atoms with Crippen molar-refractivity contribution in [3.8, 4) is 0 Å². The molecular weight excluding hydrogens is 307 g/mol. The molecule has 110 valence electrons. The molecule has 0 aliphatic heterocycles. The third-order valence-corrected chi connectivity index (χ3v) is 3.69. The van der Waals surface area contributed by atoms with E-state index in [1.807, 2.05) is 19.1 Å². The quantitative estimate of drug-likeness (QED) is 0.791. The maximum Gasteiger partial charge on any atom is 0.171 e. The first-order valence-corrected chi connectivity index (χ1v) is 7.34. The first-order chi connectivity index (χ1) is 9.97. The number of hydrogen-bond donors (Lipinski definition) is 2. The highest BCUT2D eigenvalue weighted by atomic mass is 35.5. The number of aryl methyl sites for hydroxylation is 1. The summed E-state index contributed by atoms with van der Waals surface area (Å²) in [6, 6.07) is 12.6. The number of anilines is 1. The van der Waals surface area contributed by atoms with Gasteiger partial charge in [0.05, 0.1) is 11.1 Å². The lowest BCUT2D eigenvalue weighted by molar-refractivity contribution is 0.628. The van der Waals surface area contributed by atoms with Gasteiger partial charge < -0.3 is 10.6 Å². The van der Waals surface area contributed by atoms with E-state index in [2.05, 4.69) is 29.7 Å². The summed E-state index contributed by atoms with van der Waals surface area (Å²) in [5.41, 5.74) is 3.03. The van der Waals surface area contributed by atoms with Gasteiger partial charge in [0.15, 0.2) is 5.11 Å². The first-order valence-electron chi connectivity index (χ1n) is 6.55. The van der Waals surface area contributed by atoms with Gasteiger partial charge in [-0.15, -0.1) is 0 Å². The van der Waals surface area contributed by atoms with E-state index in [0.717, 1.165) is 0 Å². The van der Waals surface area contributed by atoms with Crippen LogP contribution in [0.4, 0.5) is 10.1 Å². The molecule has 2 rings (SSSR count). The van der Waals surface area contributed by atoms with E-state index in [-0.39, 0.29) is 11.1 Å². The summed E-state index contributed by atoms with van der Waals surface area (Å²) >= 11 is 11.0. The summed E-state index contributed by atoms with van der Waals surface area (Å²) in [6.45, 7) is 4.09. The number of benzene rings is 2. The fraction of sp³-hybridized carbons (Fsp3) is 0.188. The monoisotopic (exact) mass is 322 g/mol. The van der Waals surface area contributed by atoms with E-state index < -0.39 is 5.82 Å². The van der Waals surface area contributed by atoms with Crippen LogP contribution < -0.4 is 10.6 Å². The molecule has 0 radical (unpaired) electrons. The highest BCUT2D eigenvalue weighted by molar-refractivity contribution is 7.80. The lowest BCUT2D eigenvalue weighted by atomic mass is 10.0. The van der Waals surface area contributed by atoms with Crippen LogP contribution in [0.15, 0.2) is 42.5 Å². The van der Waals surface area contributed by atoms with Gasteiger partial charge in [-0.3, -0.25) is 0 Å². The number of hydrogen-bond acceptors (Lipinski definition) is 1. The Hall–Kier alpha value is -1.65. The molecule has 0 spiro atoms. The van der Waals surface area contributed by atoms with Crippen LogP contribution >= 0.6 is 23.8 Å². The van der Waals surface area contributed by atoms with Crippen LogP contribution in [-0.2, 0) is 0 Å². The topological polar surface area (TPSA) is 24.1 Å².